The summed E-state index contributed by atoms with van der Waals surface area (Å²) in [5, 5.41) is 11.4. The van der Waals surface area contributed by atoms with Crippen LogP contribution in [0.4, 0.5) is 10.1 Å². The smallest absolute Gasteiger partial charge is 0.286 e. The van der Waals surface area contributed by atoms with Crippen molar-refractivity contribution < 1.29 is 22.3 Å². The molecule has 1 aromatic heterocycles. The van der Waals surface area contributed by atoms with E-state index in [1.807, 2.05) is 0 Å². The molecule has 2 heterocycles. The molecule has 3 aromatic rings. The molecule has 0 spiro atoms. The van der Waals surface area contributed by atoms with Gasteiger partial charge in [0, 0.05) is 17.3 Å². The Morgan fingerprint density at radius 2 is 2.00 bits per heavy atom. The van der Waals surface area contributed by atoms with Crippen LogP contribution in [0.15, 0.2) is 47.4 Å². The molecule has 0 bridgehead atoms. The number of halogens is 2. The number of sulfonamides is 1. The molecule has 1 N–H and O–H groups in total. The van der Waals surface area contributed by atoms with E-state index in [0.29, 0.717) is 30.1 Å². The largest absolute Gasteiger partial charge is 0.495 e. The number of benzene rings is 2. The van der Waals surface area contributed by atoms with Crippen LogP contribution in [-0.4, -0.2) is 42.5 Å². The van der Waals surface area contributed by atoms with Gasteiger partial charge < -0.3 is 10.1 Å². The van der Waals surface area contributed by atoms with Crippen LogP contribution in [0.5, 0.6) is 5.75 Å². The van der Waals surface area contributed by atoms with Crippen molar-refractivity contribution in [3.63, 3.8) is 0 Å². The van der Waals surface area contributed by atoms with E-state index in [2.05, 4.69) is 15.5 Å². The fourth-order valence-corrected chi connectivity index (χ4v) is 6.47. The van der Waals surface area contributed by atoms with Gasteiger partial charge in [0.2, 0.25) is 15.0 Å². The fourth-order valence-electron chi connectivity index (χ4n) is 3.43. The van der Waals surface area contributed by atoms with Crippen molar-refractivity contribution in [3.8, 4) is 5.75 Å². The average molecular weight is 497 g/mol. The summed E-state index contributed by atoms with van der Waals surface area (Å²) >= 11 is 7.05. The molecule has 0 aliphatic carbocycles. The van der Waals surface area contributed by atoms with E-state index in [0.717, 1.165) is 11.3 Å². The van der Waals surface area contributed by atoms with Crippen LogP contribution in [0.2, 0.25) is 5.02 Å². The Bertz CT molecular complexity index is 1250. The molecular formula is C20H18ClFN4O4S2. The second-order valence-electron chi connectivity index (χ2n) is 6.98. The predicted molar refractivity (Wildman–Crippen MR) is 118 cm³/mol. The van der Waals surface area contributed by atoms with E-state index >= 15 is 0 Å². The number of hydrogen-bond donors (Lipinski definition) is 1. The van der Waals surface area contributed by atoms with Crippen molar-refractivity contribution in [1.82, 2.24) is 14.5 Å². The topological polar surface area (TPSA) is 101 Å². The minimum absolute atomic E-state index is 0.0295. The zero-order chi connectivity index (χ0) is 22.9. The van der Waals surface area contributed by atoms with Gasteiger partial charge in [-0.1, -0.05) is 22.9 Å². The van der Waals surface area contributed by atoms with E-state index in [1.54, 1.807) is 6.07 Å². The Balaban J connectivity index is 1.58. The Labute approximate surface area is 193 Å². The van der Waals surface area contributed by atoms with Crippen LogP contribution < -0.4 is 10.1 Å². The number of methoxy groups -OCH3 is 1. The Kier molecular flexibility index (Phi) is 6.42. The first kappa shape index (κ1) is 22.6. The summed E-state index contributed by atoms with van der Waals surface area (Å²) in [6, 6.07) is 9.16. The predicted octanol–water partition coefficient (Wildman–Crippen LogP) is 4.12. The number of anilines is 1. The lowest BCUT2D eigenvalue weighted by molar-refractivity contribution is 0.102. The SMILES string of the molecule is COc1ccc(Cl)cc1S(=O)(=O)N1CCCC1c1nnc(C(=O)Nc2ccc(F)cc2)s1. The van der Waals surface area contributed by atoms with Crippen molar-refractivity contribution >= 4 is 44.6 Å². The Morgan fingerprint density at radius 1 is 1.25 bits per heavy atom. The highest BCUT2D eigenvalue weighted by Crippen LogP contribution is 2.40. The maximum absolute atomic E-state index is 13.4. The van der Waals surface area contributed by atoms with E-state index in [4.69, 9.17) is 16.3 Å². The van der Waals surface area contributed by atoms with Crippen LogP contribution in [0, 0.1) is 5.82 Å². The monoisotopic (exact) mass is 496 g/mol. The minimum Gasteiger partial charge on any atom is -0.495 e. The summed E-state index contributed by atoms with van der Waals surface area (Å²) in [6.07, 6.45) is 1.17. The van der Waals surface area contributed by atoms with E-state index in [-0.39, 0.29) is 20.7 Å². The zero-order valence-electron chi connectivity index (χ0n) is 16.8. The standard InChI is InChI=1S/C20H18ClFN4O4S2/c1-30-16-9-4-12(21)11-17(16)32(28,29)26-10-2-3-15(26)19-24-25-20(31-19)18(27)23-14-7-5-13(22)6-8-14/h4-9,11,15H,2-3,10H2,1H3,(H,23,27). The van der Waals surface area contributed by atoms with E-state index in [1.165, 1.54) is 47.8 Å². The number of carbonyl (C=O) groups is 1. The zero-order valence-corrected chi connectivity index (χ0v) is 19.2. The molecule has 1 saturated heterocycles. The molecule has 1 aliphatic rings. The van der Waals surface area contributed by atoms with Crippen LogP contribution in [0.25, 0.3) is 0 Å². The molecule has 1 atom stereocenters. The highest BCUT2D eigenvalue weighted by Gasteiger charge is 2.39. The van der Waals surface area contributed by atoms with Crippen LogP contribution in [-0.2, 0) is 10.0 Å². The molecule has 32 heavy (non-hydrogen) atoms. The van der Waals surface area contributed by atoms with Crippen molar-refractivity contribution in [2.45, 2.75) is 23.8 Å². The number of rotatable bonds is 6. The molecule has 1 unspecified atom stereocenters. The van der Waals surface area contributed by atoms with E-state index in [9.17, 15) is 17.6 Å². The number of amides is 1. The molecule has 2 aromatic carbocycles. The summed E-state index contributed by atoms with van der Waals surface area (Å²) in [5.41, 5.74) is 0.409. The summed E-state index contributed by atoms with van der Waals surface area (Å²) in [5.74, 6) is -0.735. The quantitative estimate of drug-likeness (QED) is 0.551. The van der Waals surface area contributed by atoms with Gasteiger partial charge in [0.1, 0.15) is 21.5 Å². The maximum Gasteiger partial charge on any atom is 0.286 e. The second-order valence-corrected chi connectivity index (χ2v) is 10.3. The second kappa shape index (κ2) is 9.10. The van der Waals surface area contributed by atoms with Crippen molar-refractivity contribution in [1.29, 1.82) is 0 Å². The lowest BCUT2D eigenvalue weighted by Crippen LogP contribution is -2.31. The van der Waals surface area contributed by atoms with Gasteiger partial charge in [0.15, 0.2) is 0 Å². The number of carbonyl (C=O) groups excluding carboxylic acids is 1. The number of nitrogens with one attached hydrogen (secondary N) is 1. The van der Waals surface area contributed by atoms with Gasteiger partial charge in [-0.15, -0.1) is 10.2 Å². The Morgan fingerprint density at radius 3 is 2.72 bits per heavy atom. The third kappa shape index (κ3) is 4.46. The minimum atomic E-state index is -3.94. The third-order valence-corrected chi connectivity index (χ3v) is 8.13. The first-order chi connectivity index (χ1) is 15.3. The van der Waals surface area contributed by atoms with Crippen LogP contribution >= 0.6 is 22.9 Å². The van der Waals surface area contributed by atoms with E-state index < -0.39 is 27.8 Å². The average Bonchev–Trinajstić information content (AvgIpc) is 3.45. The van der Waals surface area contributed by atoms with Gasteiger partial charge >= 0.3 is 0 Å². The molecule has 4 rings (SSSR count). The molecule has 0 saturated carbocycles. The highest BCUT2D eigenvalue weighted by molar-refractivity contribution is 7.89. The highest BCUT2D eigenvalue weighted by atomic mass is 35.5. The first-order valence-electron chi connectivity index (χ1n) is 9.55. The van der Waals surface area contributed by atoms with Crippen molar-refractivity contribution in [2.75, 3.05) is 19.0 Å². The van der Waals surface area contributed by atoms with Gasteiger partial charge in [-0.3, -0.25) is 4.79 Å². The molecule has 12 heteroatoms. The molecular weight excluding hydrogens is 479 g/mol. The van der Waals surface area contributed by atoms with Crippen molar-refractivity contribution in [2.24, 2.45) is 0 Å². The lowest BCUT2D eigenvalue weighted by atomic mass is 10.2. The molecule has 8 nitrogen and oxygen atoms in total. The van der Waals surface area contributed by atoms with Gasteiger partial charge in [-0.2, -0.15) is 4.31 Å². The molecule has 1 amide bonds. The molecule has 1 aliphatic heterocycles. The number of hydrogen-bond acceptors (Lipinski definition) is 7. The Hall–Kier alpha value is -2.60. The number of aromatic nitrogens is 2. The lowest BCUT2D eigenvalue weighted by Gasteiger charge is -2.23. The van der Waals surface area contributed by atoms with Crippen molar-refractivity contribution in [3.05, 3.63) is 63.3 Å². The fraction of sp³-hybridized carbons (Fsp3) is 0.250. The van der Waals surface area contributed by atoms with Gasteiger partial charge in [-0.05, 0) is 55.3 Å². The van der Waals surface area contributed by atoms with Gasteiger partial charge in [-0.25, -0.2) is 12.8 Å². The van der Waals surface area contributed by atoms with Gasteiger partial charge in [0.05, 0.1) is 13.2 Å². The van der Waals surface area contributed by atoms with Gasteiger partial charge in [0.25, 0.3) is 5.91 Å². The molecule has 168 valence electrons. The summed E-state index contributed by atoms with van der Waals surface area (Å²) in [6.45, 7) is 0.291. The third-order valence-electron chi connectivity index (χ3n) is 4.94. The van der Waals surface area contributed by atoms with Crippen LogP contribution in [0.1, 0.15) is 33.7 Å². The summed E-state index contributed by atoms with van der Waals surface area (Å²) in [4.78, 5) is 12.5. The summed E-state index contributed by atoms with van der Waals surface area (Å²) < 4.78 is 46.4. The maximum atomic E-state index is 13.4. The van der Waals surface area contributed by atoms with Crippen LogP contribution in [0.3, 0.4) is 0 Å². The number of ether oxygens (including phenoxy) is 1. The molecule has 1 fully saturated rings. The first-order valence-corrected chi connectivity index (χ1v) is 12.2. The summed E-state index contributed by atoms with van der Waals surface area (Å²) in [7, 11) is -2.55. The number of nitrogens with zero attached hydrogens (tertiary/aromatic N) is 3. The normalized spacial score (nSPS) is 16.8. The molecule has 0 radical (unpaired) electrons.